The molecule has 3 aliphatic rings. The number of hydrogen-bond acceptors (Lipinski definition) is 5. The summed E-state index contributed by atoms with van der Waals surface area (Å²) in [5, 5.41) is 6.87. The Labute approximate surface area is 193 Å². The van der Waals surface area contributed by atoms with Crippen LogP contribution in [0.4, 0.5) is 0 Å². The first-order valence-corrected chi connectivity index (χ1v) is 12.8. The molecule has 0 radical (unpaired) electrons. The van der Waals surface area contributed by atoms with Gasteiger partial charge in [-0.05, 0) is 45.1 Å². The molecule has 2 N–H and O–H groups in total. The van der Waals surface area contributed by atoms with Crippen molar-refractivity contribution in [2.75, 3.05) is 46.2 Å². The van der Waals surface area contributed by atoms with Crippen LogP contribution in [-0.2, 0) is 14.6 Å². The molecule has 0 spiro atoms. The van der Waals surface area contributed by atoms with Gasteiger partial charge in [-0.2, -0.15) is 0 Å². The monoisotopic (exact) mass is 542 g/mol. The highest BCUT2D eigenvalue weighted by Crippen LogP contribution is 2.29. The normalized spacial score (nSPS) is 27.1. The molecule has 3 rings (SSSR count). The third-order valence-corrected chi connectivity index (χ3v) is 9.00. The molecule has 0 amide bonds. The molecule has 29 heavy (non-hydrogen) atoms. The van der Waals surface area contributed by atoms with Crippen molar-refractivity contribution in [1.82, 2.24) is 15.5 Å². The van der Waals surface area contributed by atoms with E-state index in [-0.39, 0.29) is 24.0 Å². The summed E-state index contributed by atoms with van der Waals surface area (Å²) in [5.41, 5.74) is 0. The van der Waals surface area contributed by atoms with E-state index in [0.717, 1.165) is 19.0 Å². The average Bonchev–Trinajstić information content (AvgIpc) is 2.72. The molecule has 7 nitrogen and oxygen atoms in total. The van der Waals surface area contributed by atoms with Gasteiger partial charge in [-0.1, -0.05) is 19.3 Å². The van der Waals surface area contributed by atoms with E-state index in [1.54, 1.807) is 7.05 Å². The van der Waals surface area contributed by atoms with Gasteiger partial charge in [-0.25, -0.2) is 8.42 Å². The number of sulfone groups is 1. The molecule has 1 saturated carbocycles. The smallest absolute Gasteiger partial charge is 0.191 e. The van der Waals surface area contributed by atoms with Crippen LogP contribution < -0.4 is 10.6 Å². The lowest BCUT2D eigenvalue weighted by atomic mass is 9.92. The van der Waals surface area contributed by atoms with E-state index < -0.39 is 14.6 Å². The highest BCUT2D eigenvalue weighted by molar-refractivity contribution is 14.0. The van der Waals surface area contributed by atoms with Gasteiger partial charge in [-0.15, -0.1) is 24.0 Å². The Morgan fingerprint density at radius 3 is 2.45 bits per heavy atom. The Bertz CT molecular complexity index is 632. The predicted octanol–water partition coefficient (Wildman–Crippen LogP) is 2.16. The molecule has 3 fully saturated rings. The molecule has 1 atom stereocenters. The van der Waals surface area contributed by atoms with Crippen molar-refractivity contribution >= 4 is 39.8 Å². The van der Waals surface area contributed by atoms with Crippen LogP contribution in [0.2, 0.25) is 0 Å². The van der Waals surface area contributed by atoms with Gasteiger partial charge in [0.2, 0.25) is 0 Å². The number of hydrogen-bond donors (Lipinski definition) is 2. The van der Waals surface area contributed by atoms with Gasteiger partial charge >= 0.3 is 0 Å². The molecule has 2 aliphatic heterocycles. The largest absolute Gasteiger partial charge is 0.381 e. The van der Waals surface area contributed by atoms with Gasteiger partial charge in [0.1, 0.15) is 0 Å². The molecule has 1 aliphatic carbocycles. The standard InChI is InChI=1S/C20H38N4O3S.HI/c1-21-19(22-16-20(28(2,25)26)10-13-27-14-11-20)23-17-7-6-12-24(15-17)18-8-4-3-5-9-18;/h17-18H,3-16H2,1-2H3,(H2,21,22,23);1H. The Morgan fingerprint density at radius 2 is 1.83 bits per heavy atom. The fraction of sp³-hybridized carbons (Fsp3) is 0.950. The molecule has 0 aromatic carbocycles. The number of piperidine rings is 1. The van der Waals surface area contributed by atoms with Crippen LogP contribution in [0.1, 0.15) is 57.8 Å². The van der Waals surface area contributed by atoms with Crippen LogP contribution in [-0.4, -0.2) is 82.3 Å². The van der Waals surface area contributed by atoms with E-state index in [2.05, 4.69) is 20.5 Å². The van der Waals surface area contributed by atoms with Gasteiger partial charge in [0.25, 0.3) is 0 Å². The summed E-state index contributed by atoms with van der Waals surface area (Å²) >= 11 is 0. The maximum atomic E-state index is 12.5. The minimum Gasteiger partial charge on any atom is -0.381 e. The Kier molecular flexibility index (Phi) is 9.95. The summed E-state index contributed by atoms with van der Waals surface area (Å²) in [4.78, 5) is 7.02. The SMILES string of the molecule is CN=C(NCC1(S(C)(=O)=O)CCOCC1)NC1CCCN(C2CCCCC2)C1.I. The van der Waals surface area contributed by atoms with Gasteiger partial charge in [0.15, 0.2) is 15.8 Å². The van der Waals surface area contributed by atoms with E-state index in [4.69, 9.17) is 4.74 Å². The first-order chi connectivity index (χ1) is 13.4. The van der Waals surface area contributed by atoms with Crippen molar-refractivity contribution in [3.8, 4) is 0 Å². The van der Waals surface area contributed by atoms with Crippen molar-refractivity contribution in [2.24, 2.45) is 4.99 Å². The van der Waals surface area contributed by atoms with Gasteiger partial charge in [-0.3, -0.25) is 9.89 Å². The third kappa shape index (κ3) is 6.67. The van der Waals surface area contributed by atoms with Gasteiger partial charge in [0, 0.05) is 51.7 Å². The molecular formula is C20H39IN4O3S. The van der Waals surface area contributed by atoms with Gasteiger partial charge < -0.3 is 15.4 Å². The summed E-state index contributed by atoms with van der Waals surface area (Å²) < 4.78 is 29.5. The highest BCUT2D eigenvalue weighted by Gasteiger charge is 2.42. The zero-order valence-corrected chi connectivity index (χ0v) is 21.1. The van der Waals surface area contributed by atoms with Crippen LogP contribution in [0.25, 0.3) is 0 Å². The minimum absolute atomic E-state index is 0. The van der Waals surface area contributed by atoms with Crippen molar-refractivity contribution in [2.45, 2.75) is 74.6 Å². The predicted molar refractivity (Wildman–Crippen MR) is 129 cm³/mol. The second-order valence-corrected chi connectivity index (χ2v) is 11.2. The molecule has 2 saturated heterocycles. The molecule has 9 heteroatoms. The second-order valence-electron chi connectivity index (χ2n) is 8.76. The van der Waals surface area contributed by atoms with Crippen LogP contribution in [0.3, 0.4) is 0 Å². The fourth-order valence-electron chi connectivity index (χ4n) is 4.96. The van der Waals surface area contributed by atoms with Crippen LogP contribution >= 0.6 is 24.0 Å². The number of nitrogens with one attached hydrogen (secondary N) is 2. The topological polar surface area (TPSA) is 83.0 Å². The quantitative estimate of drug-likeness (QED) is 0.315. The van der Waals surface area contributed by atoms with Crippen LogP contribution in [0, 0.1) is 0 Å². The number of guanidine groups is 1. The molecule has 0 aromatic heterocycles. The zero-order valence-electron chi connectivity index (χ0n) is 18.0. The molecule has 0 aromatic rings. The lowest BCUT2D eigenvalue weighted by molar-refractivity contribution is 0.0755. The first-order valence-electron chi connectivity index (χ1n) is 10.9. The van der Waals surface area contributed by atoms with Crippen molar-refractivity contribution in [3.05, 3.63) is 0 Å². The molecule has 2 heterocycles. The zero-order chi connectivity index (χ0) is 20.0. The first kappa shape index (κ1) is 25.1. The third-order valence-electron chi connectivity index (χ3n) is 6.88. The number of nitrogens with zero attached hydrogens (tertiary/aromatic N) is 2. The summed E-state index contributed by atoms with van der Waals surface area (Å²) in [6.45, 7) is 3.63. The molecular weight excluding hydrogens is 503 g/mol. The lowest BCUT2D eigenvalue weighted by Crippen LogP contribution is -2.57. The number of aliphatic imine (C=N–C) groups is 1. The van der Waals surface area contributed by atoms with E-state index in [1.165, 1.54) is 51.3 Å². The molecule has 0 bridgehead atoms. The highest BCUT2D eigenvalue weighted by atomic mass is 127. The maximum Gasteiger partial charge on any atom is 0.191 e. The van der Waals surface area contributed by atoms with E-state index in [1.807, 2.05) is 0 Å². The Morgan fingerprint density at radius 1 is 1.14 bits per heavy atom. The van der Waals surface area contributed by atoms with Crippen LogP contribution in [0.15, 0.2) is 4.99 Å². The number of halogens is 1. The maximum absolute atomic E-state index is 12.5. The van der Waals surface area contributed by atoms with E-state index in [9.17, 15) is 8.42 Å². The Balaban J connectivity index is 0.00000300. The van der Waals surface area contributed by atoms with Crippen molar-refractivity contribution in [3.63, 3.8) is 0 Å². The molecule has 170 valence electrons. The molecule has 1 unspecified atom stereocenters. The second kappa shape index (κ2) is 11.5. The number of likely N-dealkylation sites (tertiary alicyclic amines) is 1. The minimum atomic E-state index is -3.18. The average molecular weight is 543 g/mol. The lowest BCUT2D eigenvalue weighted by Gasteiger charge is -2.41. The van der Waals surface area contributed by atoms with Gasteiger partial charge in [0.05, 0.1) is 4.75 Å². The summed E-state index contributed by atoms with van der Waals surface area (Å²) in [6, 6.07) is 1.11. The van der Waals surface area contributed by atoms with Crippen molar-refractivity contribution in [1.29, 1.82) is 0 Å². The number of ether oxygens (including phenoxy) is 1. The fourth-order valence-corrected chi connectivity index (χ4v) is 6.20. The summed E-state index contributed by atoms with van der Waals surface area (Å²) in [5.74, 6) is 0.713. The van der Waals surface area contributed by atoms with Crippen LogP contribution in [0.5, 0.6) is 0 Å². The Hall–Kier alpha value is -0.130. The summed E-state index contributed by atoms with van der Waals surface area (Å²) in [7, 11) is -1.42. The van der Waals surface area contributed by atoms with E-state index >= 15 is 0 Å². The number of rotatable bonds is 5. The van der Waals surface area contributed by atoms with E-state index in [0.29, 0.717) is 44.6 Å². The van der Waals surface area contributed by atoms with Crippen molar-refractivity contribution < 1.29 is 13.2 Å². The summed E-state index contributed by atoms with van der Waals surface area (Å²) in [6.07, 6.45) is 11.5.